The summed E-state index contributed by atoms with van der Waals surface area (Å²) in [5, 5.41) is 10.7. The number of nitrogens with one attached hydrogen (secondary N) is 2. The van der Waals surface area contributed by atoms with Crippen LogP contribution >= 0.6 is 0 Å². The molecule has 0 fully saturated rings. The molecule has 0 heterocycles. The standard InChI is InChI=1S/C11H14N2/c1-9(13-2)8-11(12)10-6-4-3-5-7-10/h3-8,12-13H,1-2H3/b9-8-,12-11?. The van der Waals surface area contributed by atoms with Crippen LogP contribution in [0.3, 0.4) is 0 Å². The van der Waals surface area contributed by atoms with E-state index in [2.05, 4.69) is 5.32 Å². The highest BCUT2D eigenvalue weighted by molar-refractivity contribution is 6.06. The van der Waals surface area contributed by atoms with Gasteiger partial charge in [0.2, 0.25) is 0 Å². The molecule has 0 saturated heterocycles. The Morgan fingerprint density at radius 1 is 1.31 bits per heavy atom. The molecule has 0 aliphatic heterocycles. The number of rotatable bonds is 3. The summed E-state index contributed by atoms with van der Waals surface area (Å²) in [6.07, 6.45) is 1.81. The molecule has 13 heavy (non-hydrogen) atoms. The lowest BCUT2D eigenvalue weighted by molar-refractivity contribution is 0.992. The van der Waals surface area contributed by atoms with Crippen molar-refractivity contribution in [2.45, 2.75) is 6.92 Å². The van der Waals surface area contributed by atoms with Crippen LogP contribution < -0.4 is 5.32 Å². The minimum absolute atomic E-state index is 0.535. The molecular weight excluding hydrogens is 160 g/mol. The zero-order valence-corrected chi connectivity index (χ0v) is 7.96. The largest absolute Gasteiger partial charge is 0.392 e. The maximum absolute atomic E-state index is 7.75. The fraction of sp³-hybridized carbons (Fsp3) is 0.182. The lowest BCUT2D eigenvalue weighted by atomic mass is 10.1. The highest BCUT2D eigenvalue weighted by Crippen LogP contribution is 2.01. The van der Waals surface area contributed by atoms with Gasteiger partial charge in [0.1, 0.15) is 0 Å². The number of benzene rings is 1. The van der Waals surface area contributed by atoms with Gasteiger partial charge in [-0.25, -0.2) is 0 Å². The lowest BCUT2D eigenvalue weighted by Crippen LogP contribution is -2.05. The van der Waals surface area contributed by atoms with Crippen molar-refractivity contribution in [1.82, 2.24) is 5.32 Å². The second-order valence-electron chi connectivity index (χ2n) is 2.86. The molecule has 1 rings (SSSR count). The summed E-state index contributed by atoms with van der Waals surface area (Å²) in [5.41, 5.74) is 2.47. The maximum Gasteiger partial charge on any atom is 0.0629 e. The Kier molecular flexibility index (Phi) is 3.26. The summed E-state index contributed by atoms with van der Waals surface area (Å²) in [6.45, 7) is 1.94. The number of allylic oxidation sites excluding steroid dienone is 2. The van der Waals surface area contributed by atoms with Crippen molar-refractivity contribution in [3.63, 3.8) is 0 Å². The fourth-order valence-corrected chi connectivity index (χ4v) is 0.990. The third-order valence-corrected chi connectivity index (χ3v) is 1.84. The van der Waals surface area contributed by atoms with Gasteiger partial charge >= 0.3 is 0 Å². The Balaban J connectivity index is 2.81. The summed E-state index contributed by atoms with van der Waals surface area (Å²) in [4.78, 5) is 0. The van der Waals surface area contributed by atoms with Gasteiger partial charge in [-0.1, -0.05) is 30.3 Å². The summed E-state index contributed by atoms with van der Waals surface area (Å²) >= 11 is 0. The first-order chi connectivity index (χ1) is 6.24. The molecule has 2 heteroatoms. The van der Waals surface area contributed by atoms with Crippen LogP contribution in [0, 0.1) is 5.41 Å². The summed E-state index contributed by atoms with van der Waals surface area (Å²) in [7, 11) is 1.85. The van der Waals surface area contributed by atoms with Crippen LogP contribution in [0.25, 0.3) is 0 Å². The molecule has 0 aliphatic carbocycles. The quantitative estimate of drug-likeness (QED) is 0.677. The Labute approximate surface area is 78.8 Å². The van der Waals surface area contributed by atoms with Gasteiger partial charge < -0.3 is 10.7 Å². The Hall–Kier alpha value is -1.57. The first-order valence-electron chi connectivity index (χ1n) is 4.24. The van der Waals surface area contributed by atoms with E-state index in [0.29, 0.717) is 5.71 Å². The van der Waals surface area contributed by atoms with E-state index in [4.69, 9.17) is 5.41 Å². The van der Waals surface area contributed by atoms with E-state index in [0.717, 1.165) is 11.3 Å². The van der Waals surface area contributed by atoms with Gasteiger partial charge in [-0.3, -0.25) is 0 Å². The maximum atomic E-state index is 7.75. The topological polar surface area (TPSA) is 35.9 Å². The van der Waals surface area contributed by atoms with Gasteiger partial charge in [0.25, 0.3) is 0 Å². The van der Waals surface area contributed by atoms with Crippen LogP contribution in [-0.4, -0.2) is 12.8 Å². The van der Waals surface area contributed by atoms with Crippen molar-refractivity contribution in [2.24, 2.45) is 0 Å². The van der Waals surface area contributed by atoms with E-state index in [-0.39, 0.29) is 0 Å². The molecule has 2 nitrogen and oxygen atoms in total. The zero-order chi connectivity index (χ0) is 9.68. The molecular formula is C11H14N2. The van der Waals surface area contributed by atoms with Crippen molar-refractivity contribution in [1.29, 1.82) is 5.41 Å². The van der Waals surface area contributed by atoms with Crippen LogP contribution in [0.2, 0.25) is 0 Å². The summed E-state index contributed by atoms with van der Waals surface area (Å²) < 4.78 is 0. The molecule has 0 spiro atoms. The Morgan fingerprint density at radius 2 is 1.92 bits per heavy atom. The highest BCUT2D eigenvalue weighted by Gasteiger charge is 1.95. The molecule has 0 bridgehead atoms. The SMILES string of the molecule is CN/C(C)=C\C(=N)c1ccccc1. The lowest BCUT2D eigenvalue weighted by Gasteiger charge is -2.01. The average molecular weight is 174 g/mol. The second-order valence-corrected chi connectivity index (χ2v) is 2.86. The zero-order valence-electron chi connectivity index (χ0n) is 7.96. The van der Waals surface area contributed by atoms with Crippen molar-refractivity contribution >= 4 is 5.71 Å². The third-order valence-electron chi connectivity index (χ3n) is 1.84. The Bertz CT molecular complexity index is 312. The first kappa shape index (κ1) is 9.52. The van der Waals surface area contributed by atoms with E-state index >= 15 is 0 Å². The third kappa shape index (κ3) is 2.75. The fourth-order valence-electron chi connectivity index (χ4n) is 0.990. The normalized spacial score (nSPS) is 11.1. The molecule has 0 aliphatic rings. The minimum atomic E-state index is 0.535. The van der Waals surface area contributed by atoms with Gasteiger partial charge in [-0.15, -0.1) is 0 Å². The summed E-state index contributed by atoms with van der Waals surface area (Å²) in [5.74, 6) is 0. The highest BCUT2D eigenvalue weighted by atomic mass is 14.8. The van der Waals surface area contributed by atoms with Gasteiger partial charge in [-0.05, 0) is 18.6 Å². The molecule has 0 aromatic heterocycles. The number of hydrogen-bond acceptors (Lipinski definition) is 2. The molecule has 2 N–H and O–H groups in total. The van der Waals surface area contributed by atoms with E-state index in [1.165, 1.54) is 0 Å². The van der Waals surface area contributed by atoms with Crippen molar-refractivity contribution in [3.8, 4) is 0 Å². The molecule has 0 unspecified atom stereocenters. The Morgan fingerprint density at radius 3 is 2.46 bits per heavy atom. The molecule has 0 radical (unpaired) electrons. The van der Waals surface area contributed by atoms with E-state index in [1.807, 2.05) is 50.4 Å². The van der Waals surface area contributed by atoms with E-state index in [9.17, 15) is 0 Å². The second kappa shape index (κ2) is 4.45. The van der Waals surface area contributed by atoms with Crippen molar-refractivity contribution in [3.05, 3.63) is 47.7 Å². The van der Waals surface area contributed by atoms with Crippen LogP contribution in [0.4, 0.5) is 0 Å². The molecule has 0 saturated carbocycles. The van der Waals surface area contributed by atoms with E-state index in [1.54, 1.807) is 0 Å². The molecule has 0 atom stereocenters. The predicted molar refractivity (Wildman–Crippen MR) is 56.1 cm³/mol. The number of hydrogen-bond donors (Lipinski definition) is 2. The first-order valence-corrected chi connectivity index (χ1v) is 4.24. The van der Waals surface area contributed by atoms with Gasteiger partial charge in [0.15, 0.2) is 0 Å². The van der Waals surface area contributed by atoms with Crippen molar-refractivity contribution < 1.29 is 0 Å². The average Bonchev–Trinajstić information content (AvgIpc) is 2.19. The molecule has 1 aromatic rings. The van der Waals surface area contributed by atoms with Crippen LogP contribution in [0.1, 0.15) is 12.5 Å². The van der Waals surface area contributed by atoms with Gasteiger partial charge in [0.05, 0.1) is 5.71 Å². The predicted octanol–water partition coefficient (Wildman–Crippen LogP) is 2.18. The monoisotopic (exact) mass is 174 g/mol. The molecule has 0 amide bonds. The minimum Gasteiger partial charge on any atom is -0.392 e. The molecule has 1 aromatic carbocycles. The van der Waals surface area contributed by atoms with E-state index < -0.39 is 0 Å². The summed E-state index contributed by atoms with van der Waals surface area (Å²) in [6, 6.07) is 9.69. The van der Waals surface area contributed by atoms with Gasteiger partial charge in [-0.2, -0.15) is 0 Å². The van der Waals surface area contributed by atoms with Crippen molar-refractivity contribution in [2.75, 3.05) is 7.05 Å². The van der Waals surface area contributed by atoms with Crippen LogP contribution in [0.5, 0.6) is 0 Å². The molecule has 68 valence electrons. The van der Waals surface area contributed by atoms with Gasteiger partial charge in [0, 0.05) is 12.7 Å². The van der Waals surface area contributed by atoms with Crippen LogP contribution in [0.15, 0.2) is 42.1 Å². The smallest absolute Gasteiger partial charge is 0.0629 e. The van der Waals surface area contributed by atoms with Crippen LogP contribution in [-0.2, 0) is 0 Å².